The zero-order valence-corrected chi connectivity index (χ0v) is 36.5. The number of pyridine rings is 1. The molecule has 8 nitrogen and oxygen atoms in total. The predicted octanol–water partition coefficient (Wildman–Crippen LogP) is 9.95. The van der Waals surface area contributed by atoms with Crippen molar-refractivity contribution < 1.29 is 44.0 Å². The molecule has 0 fully saturated rings. The number of hydrogen-bond donors (Lipinski definition) is 0. The molecule has 3 aromatic heterocycles. The maximum atomic E-state index is 8.14. The van der Waals surface area contributed by atoms with Crippen molar-refractivity contribution in [2.24, 2.45) is 6.98 Å². The van der Waals surface area contributed by atoms with Crippen molar-refractivity contribution in [2.45, 2.75) is 26.2 Å². The Morgan fingerprint density at radius 2 is 1.46 bits per heavy atom. The van der Waals surface area contributed by atoms with Crippen LogP contribution in [0.1, 0.15) is 30.4 Å². The smallest absolute Gasteiger partial charge is 0.266 e. The molecule has 0 aliphatic carbocycles. The molecule has 3 aliphatic heterocycles. The first-order valence-corrected chi connectivity index (χ1v) is 20.7. The largest absolute Gasteiger partial charge is 0.510 e. The van der Waals surface area contributed by atoms with Gasteiger partial charge in [0.2, 0.25) is 6.33 Å². The van der Waals surface area contributed by atoms with Crippen molar-refractivity contribution in [3.05, 3.63) is 170 Å². The second-order valence-electron chi connectivity index (χ2n) is 17.0. The molecular formula is C53H36BN5O3Pt-2. The minimum Gasteiger partial charge on any atom is -0.510 e. The standard InChI is InChI=1S/C53H36BN5O3.Pt/c1-53(2,3)32-25-26-55-47(27-32)59-42-29-36(60-35-16-10-15-34(28-35)57-31-56(4)38-17-8-9-18-39(38)57)23-24-37(42)48-43(59)30-46-51-52(48)62-45-22-12-20-41-50(45)54(51)49-40(19-11-21-44(49)61-46)58(41)33-13-6-5-7-14-33;/h5-27,30H,1-4H3;/q-2;/i4D3;. The first-order chi connectivity index (χ1) is 31.5. The number of fused-ring (bicyclic) bond motifs is 5. The minimum absolute atomic E-state index is 0. The molecule has 10 heteroatoms. The van der Waals surface area contributed by atoms with Gasteiger partial charge in [-0.05, 0) is 75.8 Å². The summed E-state index contributed by atoms with van der Waals surface area (Å²) in [6, 6.07) is 53.2. The van der Waals surface area contributed by atoms with Crippen molar-refractivity contribution in [1.29, 1.82) is 0 Å². The van der Waals surface area contributed by atoms with Gasteiger partial charge in [-0.3, -0.25) is 0 Å². The quantitative estimate of drug-likeness (QED) is 0.0977. The van der Waals surface area contributed by atoms with Crippen molar-refractivity contribution in [1.82, 2.24) is 14.1 Å². The van der Waals surface area contributed by atoms with Crippen LogP contribution in [-0.4, -0.2) is 20.8 Å². The third-order valence-corrected chi connectivity index (χ3v) is 12.4. The van der Waals surface area contributed by atoms with E-state index in [0.29, 0.717) is 28.2 Å². The normalized spacial score (nSPS) is 14.0. The van der Waals surface area contributed by atoms with E-state index in [4.69, 9.17) is 23.3 Å². The van der Waals surface area contributed by atoms with Gasteiger partial charge >= 0.3 is 0 Å². The second-order valence-corrected chi connectivity index (χ2v) is 17.0. The van der Waals surface area contributed by atoms with Gasteiger partial charge in [-0.15, -0.1) is 24.3 Å². The summed E-state index contributed by atoms with van der Waals surface area (Å²) >= 11 is 0. The van der Waals surface area contributed by atoms with Gasteiger partial charge in [0.1, 0.15) is 28.8 Å². The van der Waals surface area contributed by atoms with Crippen molar-refractivity contribution in [3.63, 3.8) is 0 Å². The van der Waals surface area contributed by atoms with Gasteiger partial charge in [0.05, 0.1) is 22.1 Å². The van der Waals surface area contributed by atoms with Crippen molar-refractivity contribution >= 4 is 73.0 Å². The molecule has 6 heterocycles. The van der Waals surface area contributed by atoms with Crippen LogP contribution in [0, 0.1) is 18.5 Å². The molecule has 306 valence electrons. The average molecular weight is 1000 g/mol. The van der Waals surface area contributed by atoms with Crippen LogP contribution >= 0.6 is 0 Å². The van der Waals surface area contributed by atoms with Gasteiger partial charge in [0, 0.05) is 72.9 Å². The van der Waals surface area contributed by atoms with E-state index < -0.39 is 6.98 Å². The monoisotopic (exact) mass is 999 g/mol. The van der Waals surface area contributed by atoms with Gasteiger partial charge in [-0.1, -0.05) is 92.0 Å². The Bertz CT molecular complexity index is 3640. The summed E-state index contributed by atoms with van der Waals surface area (Å²) in [5.74, 6) is 4.67. The maximum Gasteiger partial charge on any atom is 0.266 e. The van der Waals surface area contributed by atoms with Gasteiger partial charge < -0.3 is 32.8 Å². The second kappa shape index (κ2) is 13.7. The molecule has 0 atom stereocenters. The Morgan fingerprint density at radius 1 is 0.714 bits per heavy atom. The number of rotatable bonds is 5. The van der Waals surface area contributed by atoms with E-state index in [0.717, 1.165) is 89.6 Å². The molecule has 0 radical (unpaired) electrons. The van der Waals surface area contributed by atoms with Crippen LogP contribution in [0.2, 0.25) is 0 Å². The van der Waals surface area contributed by atoms with Crippen molar-refractivity contribution in [2.75, 3.05) is 4.90 Å². The zero-order chi connectivity index (χ0) is 43.9. The molecule has 0 bridgehead atoms. The number of aryl methyl sites for hydroxylation is 1. The molecule has 63 heavy (non-hydrogen) atoms. The first-order valence-electron chi connectivity index (χ1n) is 22.2. The molecule has 0 amide bonds. The fourth-order valence-corrected chi connectivity index (χ4v) is 9.64. The molecule has 0 saturated carbocycles. The van der Waals surface area contributed by atoms with E-state index in [1.54, 1.807) is 10.6 Å². The maximum absolute atomic E-state index is 8.14. The third-order valence-electron chi connectivity index (χ3n) is 12.4. The van der Waals surface area contributed by atoms with E-state index >= 15 is 0 Å². The Balaban J connectivity index is 0.00000456. The van der Waals surface area contributed by atoms with Crippen LogP contribution < -0.4 is 40.1 Å². The summed E-state index contributed by atoms with van der Waals surface area (Å²) in [5.41, 5.74) is 10.8. The fraction of sp³-hybridized carbons (Fsp3) is 0.0943. The number of para-hydroxylation sites is 3. The Kier molecular flexibility index (Phi) is 7.50. The molecule has 7 aromatic carbocycles. The van der Waals surface area contributed by atoms with Crippen LogP contribution in [-0.2, 0) is 33.5 Å². The number of aromatic nitrogens is 4. The molecule has 0 N–H and O–H groups in total. The Labute approximate surface area is 383 Å². The van der Waals surface area contributed by atoms with Crippen LogP contribution in [0.15, 0.2) is 146 Å². The van der Waals surface area contributed by atoms with E-state index in [1.165, 1.54) is 4.57 Å². The van der Waals surface area contributed by atoms with Crippen LogP contribution in [0.3, 0.4) is 0 Å². The zero-order valence-electron chi connectivity index (χ0n) is 37.2. The number of nitrogens with zero attached hydrogens (tertiary/aromatic N) is 5. The Morgan fingerprint density at radius 3 is 2.25 bits per heavy atom. The summed E-state index contributed by atoms with van der Waals surface area (Å²) in [6.45, 7) is 4.03. The molecule has 13 rings (SSSR count). The number of ether oxygens (including phenoxy) is 3. The first kappa shape index (κ1) is 34.5. The van der Waals surface area contributed by atoms with E-state index in [2.05, 4.69) is 134 Å². The molecular weight excluding hydrogens is 961 g/mol. The van der Waals surface area contributed by atoms with Crippen LogP contribution in [0.4, 0.5) is 17.1 Å². The topological polar surface area (TPSA) is 57.6 Å². The van der Waals surface area contributed by atoms with Gasteiger partial charge in [-0.25, -0.2) is 4.98 Å². The molecule has 10 aromatic rings. The fourth-order valence-electron chi connectivity index (χ4n) is 9.64. The predicted molar refractivity (Wildman–Crippen MR) is 244 cm³/mol. The summed E-state index contributed by atoms with van der Waals surface area (Å²) in [5, 5.41) is 1.83. The van der Waals surface area contributed by atoms with Gasteiger partial charge in [0.25, 0.3) is 6.71 Å². The SMILES string of the molecule is [2H]C([2H])([2H])[n+]1[c-]n(-c2[c-]c(Oc3[c-]c4c(cc3)c3c5c6c(cc3n4-c3cc(C(C)(C)C)ccn3)Oc3cccc4c3B6c3c(cccc3N4c3ccccc3)O5)ccc2)c2ccccc21.[Pt]. The number of hydrogen-bond acceptors (Lipinski definition) is 5. The van der Waals surface area contributed by atoms with E-state index in [1.807, 2.05) is 54.7 Å². The van der Waals surface area contributed by atoms with E-state index in [-0.39, 0.29) is 33.2 Å². The summed E-state index contributed by atoms with van der Waals surface area (Å²) in [6.07, 6.45) is 4.89. The van der Waals surface area contributed by atoms with E-state index in [9.17, 15) is 0 Å². The molecule has 0 saturated heterocycles. The average Bonchev–Trinajstić information content (AvgIpc) is 3.86. The van der Waals surface area contributed by atoms with Crippen LogP contribution in [0.5, 0.6) is 34.5 Å². The number of imidazole rings is 1. The van der Waals surface area contributed by atoms with Gasteiger partial charge in [0.15, 0.2) is 0 Å². The Hall–Kier alpha value is -7.09. The van der Waals surface area contributed by atoms with Gasteiger partial charge in [-0.2, -0.15) is 18.2 Å². The van der Waals surface area contributed by atoms with Crippen LogP contribution in [0.25, 0.3) is 44.3 Å². The number of anilines is 3. The summed E-state index contributed by atoms with van der Waals surface area (Å²) < 4.78 is 50.2. The summed E-state index contributed by atoms with van der Waals surface area (Å²) in [7, 11) is 0. The summed E-state index contributed by atoms with van der Waals surface area (Å²) in [4.78, 5) is 7.29. The van der Waals surface area contributed by atoms with Crippen molar-refractivity contribution in [3.8, 4) is 46.0 Å². The molecule has 3 aliphatic rings. The molecule has 0 spiro atoms. The molecule has 0 unspecified atom stereocenters. The minimum atomic E-state index is -2.42. The third kappa shape index (κ3) is 5.52. The number of benzene rings is 7.